The van der Waals surface area contributed by atoms with Crippen molar-refractivity contribution in [3.05, 3.63) is 65.2 Å². The van der Waals surface area contributed by atoms with Crippen LogP contribution in [0, 0.1) is 6.92 Å². The number of piperidine rings is 1. The van der Waals surface area contributed by atoms with Crippen LogP contribution >= 0.6 is 0 Å². The average molecular weight is 408 g/mol. The molecule has 2 aromatic rings. The van der Waals surface area contributed by atoms with Gasteiger partial charge >= 0.3 is 6.03 Å². The van der Waals surface area contributed by atoms with E-state index in [-0.39, 0.29) is 18.0 Å². The smallest absolute Gasteiger partial charge is 0.320 e. The summed E-state index contributed by atoms with van der Waals surface area (Å²) in [5, 5.41) is 0. The molecule has 6 nitrogen and oxygen atoms in total. The van der Waals surface area contributed by atoms with Crippen molar-refractivity contribution in [3.8, 4) is 5.75 Å². The van der Waals surface area contributed by atoms with E-state index in [0.29, 0.717) is 19.6 Å². The predicted octanol–water partition coefficient (Wildman–Crippen LogP) is 3.55. The highest BCUT2D eigenvalue weighted by molar-refractivity contribution is 5.94. The number of carbonyl (C=O) groups is 2. The first kappa shape index (κ1) is 20.3. The Morgan fingerprint density at radius 1 is 1.03 bits per heavy atom. The molecular formula is C24H29N3O3. The molecular weight excluding hydrogens is 378 g/mol. The Balaban J connectivity index is 1.31. The molecule has 2 aromatic carbocycles. The summed E-state index contributed by atoms with van der Waals surface area (Å²) in [6.07, 6.45) is 1.67. The molecule has 2 fully saturated rings. The third-order valence-electron chi connectivity index (χ3n) is 6.12. The van der Waals surface area contributed by atoms with Gasteiger partial charge in [-0.1, -0.05) is 29.8 Å². The number of aryl methyl sites for hydroxylation is 1. The van der Waals surface area contributed by atoms with Crippen LogP contribution in [0.25, 0.3) is 0 Å². The maximum Gasteiger partial charge on any atom is 0.320 e. The first-order valence-corrected chi connectivity index (χ1v) is 10.6. The molecule has 3 amide bonds. The number of methoxy groups -OCH3 is 1. The molecule has 0 bridgehead atoms. The van der Waals surface area contributed by atoms with Crippen LogP contribution in [-0.4, -0.2) is 66.0 Å². The molecule has 2 aliphatic heterocycles. The number of urea groups is 1. The summed E-state index contributed by atoms with van der Waals surface area (Å²) in [6, 6.07) is 15.9. The van der Waals surface area contributed by atoms with E-state index in [0.717, 1.165) is 48.4 Å². The third kappa shape index (κ3) is 4.27. The lowest BCUT2D eigenvalue weighted by Crippen LogP contribution is -2.48. The Morgan fingerprint density at radius 2 is 1.77 bits per heavy atom. The van der Waals surface area contributed by atoms with Crippen molar-refractivity contribution in [2.24, 2.45) is 0 Å². The molecule has 30 heavy (non-hydrogen) atoms. The molecule has 0 saturated carbocycles. The molecule has 0 aliphatic carbocycles. The molecule has 6 heteroatoms. The second kappa shape index (κ2) is 8.78. The first-order chi connectivity index (χ1) is 14.5. The molecule has 0 aromatic heterocycles. The molecule has 2 saturated heterocycles. The topological polar surface area (TPSA) is 53.1 Å². The number of amides is 3. The van der Waals surface area contributed by atoms with Crippen molar-refractivity contribution in [1.82, 2.24) is 14.7 Å². The van der Waals surface area contributed by atoms with Crippen LogP contribution in [0.3, 0.4) is 0 Å². The van der Waals surface area contributed by atoms with Crippen LogP contribution in [0.1, 0.15) is 34.3 Å². The van der Waals surface area contributed by atoms with E-state index in [1.54, 1.807) is 7.11 Å². The number of rotatable bonds is 5. The normalized spacial score (nSPS) is 17.5. The van der Waals surface area contributed by atoms with Crippen LogP contribution in [0.5, 0.6) is 5.75 Å². The Hall–Kier alpha value is -3.02. The number of benzene rings is 2. The van der Waals surface area contributed by atoms with E-state index in [1.165, 1.54) is 0 Å². The third-order valence-corrected chi connectivity index (χ3v) is 6.12. The van der Waals surface area contributed by atoms with E-state index in [9.17, 15) is 9.59 Å². The fourth-order valence-electron chi connectivity index (χ4n) is 4.38. The van der Waals surface area contributed by atoms with Gasteiger partial charge in [0.05, 0.1) is 7.11 Å². The Morgan fingerprint density at radius 3 is 2.43 bits per heavy atom. The minimum Gasteiger partial charge on any atom is -0.497 e. The summed E-state index contributed by atoms with van der Waals surface area (Å²) >= 11 is 0. The maximum absolute atomic E-state index is 13.0. The van der Waals surface area contributed by atoms with Crippen molar-refractivity contribution in [1.29, 1.82) is 0 Å². The van der Waals surface area contributed by atoms with Gasteiger partial charge in [0.25, 0.3) is 5.91 Å². The minimum atomic E-state index is 0.0889. The molecule has 158 valence electrons. The van der Waals surface area contributed by atoms with Crippen LogP contribution in [0.15, 0.2) is 48.5 Å². The van der Waals surface area contributed by atoms with Crippen molar-refractivity contribution in [2.45, 2.75) is 32.4 Å². The molecule has 2 heterocycles. The lowest BCUT2D eigenvalue weighted by Gasteiger charge is -2.36. The van der Waals surface area contributed by atoms with Crippen LogP contribution < -0.4 is 4.74 Å². The summed E-state index contributed by atoms with van der Waals surface area (Å²) in [5.41, 5.74) is 2.94. The molecule has 0 N–H and O–H groups in total. The molecule has 2 aliphatic rings. The zero-order valence-corrected chi connectivity index (χ0v) is 17.7. The number of nitrogens with zero attached hydrogens (tertiary/aromatic N) is 3. The Kier molecular flexibility index (Phi) is 5.93. The standard InChI is InChI=1S/C24H29N3O3/c1-18-4-3-5-20(16-18)23(28)25-12-10-21(11-13-25)27-15-14-26(24(27)29)17-19-6-8-22(30-2)9-7-19/h3-9,16,21H,10-15,17H2,1-2H3. The highest BCUT2D eigenvalue weighted by Gasteiger charge is 2.36. The average Bonchev–Trinajstić information content (AvgIpc) is 3.14. The Bertz CT molecular complexity index is 904. The van der Waals surface area contributed by atoms with Crippen molar-refractivity contribution >= 4 is 11.9 Å². The van der Waals surface area contributed by atoms with Gasteiger partial charge < -0.3 is 19.4 Å². The molecule has 0 spiro atoms. The van der Waals surface area contributed by atoms with Gasteiger partial charge in [-0.15, -0.1) is 0 Å². The van der Waals surface area contributed by atoms with Gasteiger partial charge in [-0.05, 0) is 49.6 Å². The van der Waals surface area contributed by atoms with Crippen molar-refractivity contribution < 1.29 is 14.3 Å². The van der Waals surface area contributed by atoms with E-state index >= 15 is 0 Å². The molecule has 0 atom stereocenters. The fraction of sp³-hybridized carbons (Fsp3) is 0.417. The fourth-order valence-corrected chi connectivity index (χ4v) is 4.38. The summed E-state index contributed by atoms with van der Waals surface area (Å²) in [6.45, 7) is 5.50. The summed E-state index contributed by atoms with van der Waals surface area (Å²) < 4.78 is 5.20. The quantitative estimate of drug-likeness (QED) is 0.762. The van der Waals surface area contributed by atoms with Gasteiger partial charge in [0.1, 0.15) is 5.75 Å². The maximum atomic E-state index is 13.0. The second-order valence-corrected chi connectivity index (χ2v) is 8.14. The van der Waals surface area contributed by atoms with Gasteiger partial charge in [-0.25, -0.2) is 4.79 Å². The lowest BCUT2D eigenvalue weighted by molar-refractivity contribution is 0.0663. The van der Waals surface area contributed by atoms with E-state index in [2.05, 4.69) is 0 Å². The predicted molar refractivity (Wildman–Crippen MR) is 116 cm³/mol. The van der Waals surface area contributed by atoms with Crippen LogP contribution in [0.2, 0.25) is 0 Å². The van der Waals surface area contributed by atoms with E-state index < -0.39 is 0 Å². The SMILES string of the molecule is COc1ccc(CN2CCN(C3CCN(C(=O)c4cccc(C)c4)CC3)C2=O)cc1. The zero-order chi connectivity index (χ0) is 21.1. The van der Waals surface area contributed by atoms with Gasteiger partial charge in [-0.2, -0.15) is 0 Å². The highest BCUT2D eigenvalue weighted by Crippen LogP contribution is 2.24. The van der Waals surface area contributed by atoms with Crippen molar-refractivity contribution in [2.75, 3.05) is 33.3 Å². The molecule has 0 unspecified atom stereocenters. The zero-order valence-electron chi connectivity index (χ0n) is 17.7. The summed E-state index contributed by atoms with van der Waals surface area (Å²) in [4.78, 5) is 31.6. The van der Waals surface area contributed by atoms with Gasteiger partial charge in [0, 0.05) is 44.3 Å². The lowest BCUT2D eigenvalue weighted by atomic mass is 10.0. The van der Waals surface area contributed by atoms with Crippen LogP contribution in [0.4, 0.5) is 4.79 Å². The van der Waals surface area contributed by atoms with E-state index in [1.807, 2.05) is 70.2 Å². The molecule has 0 radical (unpaired) electrons. The van der Waals surface area contributed by atoms with Gasteiger partial charge in [0.2, 0.25) is 0 Å². The molecule has 4 rings (SSSR count). The number of carbonyl (C=O) groups excluding carboxylic acids is 2. The number of likely N-dealkylation sites (tertiary alicyclic amines) is 1. The number of hydrogen-bond acceptors (Lipinski definition) is 3. The monoisotopic (exact) mass is 407 g/mol. The largest absolute Gasteiger partial charge is 0.497 e. The minimum absolute atomic E-state index is 0.0889. The Labute approximate surface area is 178 Å². The number of ether oxygens (including phenoxy) is 1. The van der Waals surface area contributed by atoms with E-state index in [4.69, 9.17) is 4.74 Å². The van der Waals surface area contributed by atoms with Gasteiger partial charge in [-0.3, -0.25) is 4.79 Å². The van der Waals surface area contributed by atoms with Crippen LogP contribution in [-0.2, 0) is 6.54 Å². The summed E-state index contributed by atoms with van der Waals surface area (Å²) in [5.74, 6) is 0.908. The summed E-state index contributed by atoms with van der Waals surface area (Å²) in [7, 11) is 1.65. The highest BCUT2D eigenvalue weighted by atomic mass is 16.5. The number of hydrogen-bond donors (Lipinski definition) is 0. The van der Waals surface area contributed by atoms with Crippen molar-refractivity contribution in [3.63, 3.8) is 0 Å². The van der Waals surface area contributed by atoms with Gasteiger partial charge in [0.15, 0.2) is 0 Å². The first-order valence-electron chi connectivity index (χ1n) is 10.6. The second-order valence-electron chi connectivity index (χ2n) is 8.14.